The number of aliphatic imine (C=N–C) groups is 2. The van der Waals surface area contributed by atoms with Gasteiger partial charge >= 0.3 is 6.09 Å². The van der Waals surface area contributed by atoms with E-state index in [1.807, 2.05) is 6.07 Å². The number of nitrogens with zero attached hydrogens (tertiary/aromatic N) is 3. The van der Waals surface area contributed by atoms with Crippen LogP contribution in [0.1, 0.15) is 31.2 Å². The predicted molar refractivity (Wildman–Crippen MR) is 179 cm³/mol. The molecule has 2 aromatic rings. The monoisotopic (exact) mass is 692 g/mol. The minimum atomic E-state index is -1.09. The Kier molecular flexibility index (Phi) is 21.7. The lowest BCUT2D eigenvalue weighted by molar-refractivity contribution is -0.384. The minimum Gasteiger partial charge on any atom is -0.445 e. The maximum Gasteiger partial charge on any atom is 0.408 e. The van der Waals surface area contributed by atoms with E-state index in [2.05, 4.69) is 25.9 Å². The smallest absolute Gasteiger partial charge is 0.408 e. The number of amides is 3. The van der Waals surface area contributed by atoms with Crippen molar-refractivity contribution in [2.75, 3.05) is 18.4 Å². The SMILES string of the molecule is Cl.Cl.Cl.NC(N)=NCCC[C@H](NC(=O)OCc1ccccc1)C(=O)N[C@@H](CCCN=C(N)N)C(=O)Nc1ccc([N+](=O)[O-])cc1. The van der Waals surface area contributed by atoms with Crippen molar-refractivity contribution in [3.05, 3.63) is 70.3 Å². The fourth-order valence-corrected chi connectivity index (χ4v) is 3.62. The number of halogens is 3. The molecule has 2 atom stereocenters. The third-order valence-corrected chi connectivity index (χ3v) is 5.69. The number of carbonyl (C=O) groups excluding carboxylic acids is 3. The number of rotatable bonds is 16. The van der Waals surface area contributed by atoms with Crippen LogP contribution in [0.15, 0.2) is 64.6 Å². The van der Waals surface area contributed by atoms with Crippen molar-refractivity contribution in [3.8, 4) is 0 Å². The van der Waals surface area contributed by atoms with E-state index < -0.39 is 34.9 Å². The van der Waals surface area contributed by atoms with Crippen LogP contribution in [0.2, 0.25) is 0 Å². The zero-order chi connectivity index (χ0) is 30.9. The Labute approximate surface area is 278 Å². The van der Waals surface area contributed by atoms with Crippen molar-refractivity contribution >= 4 is 78.4 Å². The number of nitro groups is 1. The van der Waals surface area contributed by atoms with Gasteiger partial charge < -0.3 is 43.6 Å². The van der Waals surface area contributed by atoms with Crippen molar-refractivity contribution < 1.29 is 24.0 Å². The number of hydrogen-bond donors (Lipinski definition) is 7. The van der Waals surface area contributed by atoms with Crippen molar-refractivity contribution in [2.45, 2.75) is 44.4 Å². The van der Waals surface area contributed by atoms with Crippen LogP contribution in [0.4, 0.5) is 16.2 Å². The quantitative estimate of drug-likeness (QED) is 0.0439. The Bertz CT molecular complexity index is 1260. The fourth-order valence-electron chi connectivity index (χ4n) is 3.62. The number of hydrogen-bond acceptors (Lipinski definition) is 8. The molecule has 0 spiro atoms. The molecular weight excluding hydrogens is 655 g/mol. The highest BCUT2D eigenvalue weighted by Crippen LogP contribution is 2.16. The first kappa shape index (κ1) is 42.6. The van der Waals surface area contributed by atoms with Crippen LogP contribution in [-0.4, -0.2) is 59.9 Å². The third-order valence-electron chi connectivity index (χ3n) is 5.69. The van der Waals surface area contributed by atoms with Gasteiger partial charge in [-0.3, -0.25) is 29.7 Å². The van der Waals surface area contributed by atoms with Crippen LogP contribution in [0.3, 0.4) is 0 Å². The van der Waals surface area contributed by atoms with Gasteiger partial charge in [0.25, 0.3) is 5.69 Å². The largest absolute Gasteiger partial charge is 0.445 e. The molecule has 0 aliphatic heterocycles. The number of carbonyl (C=O) groups is 3. The first-order valence-electron chi connectivity index (χ1n) is 13.0. The van der Waals surface area contributed by atoms with Crippen LogP contribution >= 0.6 is 37.2 Å². The summed E-state index contributed by atoms with van der Waals surface area (Å²) in [5.41, 5.74) is 22.3. The molecule has 0 aliphatic rings. The molecule has 0 aliphatic carbocycles. The van der Waals surface area contributed by atoms with Gasteiger partial charge in [-0.1, -0.05) is 30.3 Å². The third kappa shape index (κ3) is 17.4. The second-order valence-electron chi connectivity index (χ2n) is 9.01. The Morgan fingerprint density at radius 3 is 1.78 bits per heavy atom. The normalized spacial score (nSPS) is 10.9. The second kappa shape index (κ2) is 22.9. The second-order valence-corrected chi connectivity index (χ2v) is 9.01. The van der Waals surface area contributed by atoms with E-state index >= 15 is 0 Å². The molecule has 11 N–H and O–H groups in total. The molecule has 45 heavy (non-hydrogen) atoms. The van der Waals surface area contributed by atoms with Crippen LogP contribution < -0.4 is 38.9 Å². The molecule has 250 valence electrons. The maximum absolute atomic E-state index is 13.3. The number of guanidine groups is 2. The lowest BCUT2D eigenvalue weighted by atomic mass is 10.1. The Balaban J connectivity index is 0. The topological polar surface area (TPSA) is 268 Å². The summed E-state index contributed by atoms with van der Waals surface area (Å²) in [4.78, 5) is 57.1. The summed E-state index contributed by atoms with van der Waals surface area (Å²) in [6.45, 7) is 0.390. The first-order valence-corrected chi connectivity index (χ1v) is 13.0. The van der Waals surface area contributed by atoms with Crippen molar-refractivity contribution in [1.82, 2.24) is 10.6 Å². The van der Waals surface area contributed by atoms with Crippen LogP contribution in [-0.2, 0) is 20.9 Å². The molecule has 2 rings (SSSR count). The zero-order valence-corrected chi connectivity index (χ0v) is 26.6. The Morgan fingerprint density at radius 1 is 0.778 bits per heavy atom. The molecule has 0 unspecified atom stereocenters. The van der Waals surface area contributed by atoms with Gasteiger partial charge in [0.05, 0.1) is 4.92 Å². The van der Waals surface area contributed by atoms with Gasteiger partial charge in [0, 0.05) is 30.9 Å². The molecule has 3 amide bonds. The van der Waals surface area contributed by atoms with Crippen LogP contribution in [0, 0.1) is 10.1 Å². The highest BCUT2D eigenvalue weighted by atomic mass is 35.5. The van der Waals surface area contributed by atoms with Crippen molar-refractivity contribution in [3.63, 3.8) is 0 Å². The molecule has 0 heterocycles. The van der Waals surface area contributed by atoms with E-state index in [9.17, 15) is 24.5 Å². The molecule has 0 saturated carbocycles. The van der Waals surface area contributed by atoms with E-state index in [0.717, 1.165) is 5.56 Å². The molecule has 0 radical (unpaired) electrons. The average molecular weight is 694 g/mol. The summed E-state index contributed by atoms with van der Waals surface area (Å²) in [6, 6.07) is 12.0. The molecule has 2 aromatic carbocycles. The summed E-state index contributed by atoms with van der Waals surface area (Å²) in [7, 11) is 0. The summed E-state index contributed by atoms with van der Waals surface area (Å²) in [6.07, 6.45) is 0.103. The number of alkyl carbamates (subject to hydrolysis) is 1. The summed E-state index contributed by atoms with van der Waals surface area (Å²) >= 11 is 0. The molecule has 0 saturated heterocycles. The van der Waals surface area contributed by atoms with Gasteiger partial charge in [-0.2, -0.15) is 0 Å². The molecule has 16 nitrogen and oxygen atoms in total. The molecule has 0 fully saturated rings. The number of non-ortho nitro benzene ring substituents is 1. The number of nitrogens with one attached hydrogen (secondary N) is 3. The number of nitrogens with two attached hydrogens (primary N) is 4. The van der Waals surface area contributed by atoms with Crippen molar-refractivity contribution in [1.29, 1.82) is 0 Å². The van der Waals surface area contributed by atoms with Gasteiger partial charge in [-0.05, 0) is 43.4 Å². The highest BCUT2D eigenvalue weighted by molar-refractivity contribution is 5.98. The van der Waals surface area contributed by atoms with Crippen LogP contribution in [0.5, 0.6) is 0 Å². The van der Waals surface area contributed by atoms with E-state index in [4.69, 9.17) is 27.7 Å². The van der Waals surface area contributed by atoms with E-state index in [-0.39, 0.29) is 93.1 Å². The number of benzene rings is 2. The number of nitro benzene ring substituents is 1. The zero-order valence-electron chi connectivity index (χ0n) is 24.1. The van der Waals surface area contributed by atoms with Gasteiger partial charge in [-0.25, -0.2) is 4.79 Å². The fraction of sp³-hybridized carbons (Fsp3) is 0.346. The van der Waals surface area contributed by atoms with Gasteiger partial charge in [0.2, 0.25) is 11.8 Å². The van der Waals surface area contributed by atoms with Crippen molar-refractivity contribution in [2.24, 2.45) is 32.9 Å². The number of anilines is 1. The lowest BCUT2D eigenvalue weighted by Gasteiger charge is -2.23. The lowest BCUT2D eigenvalue weighted by Crippen LogP contribution is -2.52. The summed E-state index contributed by atoms with van der Waals surface area (Å²) in [5, 5.41) is 18.7. The average Bonchev–Trinajstić information content (AvgIpc) is 2.95. The number of ether oxygens (including phenoxy) is 1. The highest BCUT2D eigenvalue weighted by Gasteiger charge is 2.27. The Morgan fingerprint density at radius 2 is 1.29 bits per heavy atom. The minimum absolute atomic E-state index is 0. The standard InChI is InChI=1S/C26H36N10O6.3ClH/c27-24(28)31-14-4-8-20(22(37)33-18-10-12-19(13-11-18)36(40)41)34-23(38)21(9-5-15-32-25(29)30)35-26(39)42-16-17-6-2-1-3-7-17;;;/h1-3,6-7,10-13,20-21H,4-5,8-9,14-16H2,(H,33,37)(H,34,38)(H,35,39)(H4,27,28,31)(H4,29,30,32);3*1H/t20-,21-;;;/m0.../s1. The molecule has 19 heteroatoms. The molecular formula is C26H39Cl3N10O6. The van der Waals surface area contributed by atoms with E-state index in [1.54, 1.807) is 24.3 Å². The molecule has 0 aromatic heterocycles. The Hall–Kier alpha value is -4.54. The molecule has 0 bridgehead atoms. The maximum atomic E-state index is 13.3. The summed E-state index contributed by atoms with van der Waals surface area (Å²) in [5.74, 6) is -1.48. The first-order chi connectivity index (χ1) is 20.0. The van der Waals surface area contributed by atoms with Gasteiger partial charge in [0.15, 0.2) is 11.9 Å². The van der Waals surface area contributed by atoms with E-state index in [1.165, 1.54) is 24.3 Å². The summed E-state index contributed by atoms with van der Waals surface area (Å²) < 4.78 is 5.25. The van der Waals surface area contributed by atoms with E-state index in [0.29, 0.717) is 12.8 Å². The van der Waals surface area contributed by atoms with Gasteiger partial charge in [0.1, 0.15) is 18.7 Å². The predicted octanol–water partition coefficient (Wildman–Crippen LogP) is 1.69. The van der Waals surface area contributed by atoms with Crippen LogP contribution in [0.25, 0.3) is 0 Å². The van der Waals surface area contributed by atoms with Gasteiger partial charge in [-0.15, -0.1) is 37.2 Å².